The van der Waals surface area contributed by atoms with Gasteiger partial charge in [0.15, 0.2) is 0 Å². The fourth-order valence-electron chi connectivity index (χ4n) is 2.42. The quantitative estimate of drug-likeness (QED) is 0.830. The van der Waals surface area contributed by atoms with Crippen molar-refractivity contribution in [2.75, 3.05) is 13.1 Å². The highest BCUT2D eigenvalue weighted by Gasteiger charge is 2.39. The summed E-state index contributed by atoms with van der Waals surface area (Å²) >= 11 is 0. The van der Waals surface area contributed by atoms with Crippen LogP contribution < -0.4 is 0 Å². The molecule has 1 N–H and O–H groups in total. The van der Waals surface area contributed by atoms with Gasteiger partial charge in [-0.2, -0.15) is 0 Å². The molecule has 0 bridgehead atoms. The van der Waals surface area contributed by atoms with Gasteiger partial charge in [-0.15, -0.1) is 0 Å². The number of carbonyl (C=O) groups excluding carboxylic acids is 1. The van der Waals surface area contributed by atoms with Gasteiger partial charge in [-0.25, -0.2) is 0 Å². The maximum Gasteiger partial charge on any atom is 0.254 e. The van der Waals surface area contributed by atoms with E-state index in [0.29, 0.717) is 18.7 Å². The van der Waals surface area contributed by atoms with Crippen LogP contribution in [0.25, 0.3) is 10.8 Å². The van der Waals surface area contributed by atoms with Crippen LogP contribution >= 0.6 is 0 Å². The van der Waals surface area contributed by atoms with Crippen molar-refractivity contribution in [1.29, 1.82) is 0 Å². The first-order valence-electron chi connectivity index (χ1n) is 6.06. The van der Waals surface area contributed by atoms with Crippen molar-refractivity contribution in [3.05, 3.63) is 48.0 Å². The van der Waals surface area contributed by atoms with Crippen LogP contribution in [-0.4, -0.2) is 34.6 Å². The van der Waals surface area contributed by atoms with Crippen molar-refractivity contribution in [3.8, 4) is 0 Å². The number of nitrogens with zero attached hydrogens (tertiary/aromatic N) is 1. The number of aliphatic hydroxyl groups is 1. The lowest BCUT2D eigenvalue weighted by molar-refractivity contribution is -0.0668. The number of carbonyl (C=O) groups is 1. The Bertz CT molecular complexity index is 611. The van der Waals surface area contributed by atoms with Gasteiger partial charge in [0.2, 0.25) is 0 Å². The Morgan fingerprint density at radius 3 is 2.50 bits per heavy atom. The minimum absolute atomic E-state index is 0.00715. The smallest absolute Gasteiger partial charge is 0.254 e. The van der Waals surface area contributed by atoms with Gasteiger partial charge in [-0.3, -0.25) is 4.79 Å². The van der Waals surface area contributed by atoms with E-state index < -0.39 is 5.60 Å². The van der Waals surface area contributed by atoms with Gasteiger partial charge >= 0.3 is 0 Å². The Morgan fingerprint density at radius 2 is 1.83 bits per heavy atom. The molecule has 2 aromatic carbocycles. The zero-order chi connectivity index (χ0) is 12.8. The van der Waals surface area contributed by atoms with Crippen molar-refractivity contribution in [2.24, 2.45) is 0 Å². The van der Waals surface area contributed by atoms with Crippen LogP contribution in [0, 0.1) is 0 Å². The van der Waals surface area contributed by atoms with Crippen molar-refractivity contribution < 1.29 is 9.90 Å². The predicted octanol–water partition coefficient (Wildman–Crippen LogP) is 2.05. The molecule has 1 heterocycles. The molecule has 0 aromatic heterocycles. The molecule has 0 saturated carbocycles. The topological polar surface area (TPSA) is 40.5 Å². The number of fused-ring (bicyclic) bond motifs is 1. The third-order valence-electron chi connectivity index (χ3n) is 3.35. The number of β-amino-alcohol motifs (C(OH)–C–C–N with tert-alkyl or cyclic N) is 1. The summed E-state index contributed by atoms with van der Waals surface area (Å²) in [6, 6.07) is 13.7. The van der Waals surface area contributed by atoms with Crippen molar-refractivity contribution in [1.82, 2.24) is 4.90 Å². The van der Waals surface area contributed by atoms with Gasteiger partial charge in [0.05, 0.1) is 18.7 Å². The highest BCUT2D eigenvalue weighted by molar-refractivity contribution is 5.99. The van der Waals surface area contributed by atoms with Crippen LogP contribution in [0.2, 0.25) is 0 Å². The second-order valence-electron chi connectivity index (χ2n) is 5.22. The van der Waals surface area contributed by atoms with E-state index in [9.17, 15) is 9.90 Å². The molecule has 1 aliphatic rings. The van der Waals surface area contributed by atoms with Gasteiger partial charge in [-0.05, 0) is 29.8 Å². The third kappa shape index (κ3) is 1.87. The molecule has 2 aromatic rings. The monoisotopic (exact) mass is 241 g/mol. The third-order valence-corrected chi connectivity index (χ3v) is 3.35. The van der Waals surface area contributed by atoms with Crippen LogP contribution in [0.5, 0.6) is 0 Å². The molecule has 18 heavy (non-hydrogen) atoms. The Morgan fingerprint density at radius 1 is 1.17 bits per heavy atom. The van der Waals surface area contributed by atoms with E-state index in [0.717, 1.165) is 10.8 Å². The Hall–Kier alpha value is -1.87. The molecule has 3 nitrogen and oxygen atoms in total. The average molecular weight is 241 g/mol. The average Bonchev–Trinajstić information content (AvgIpc) is 2.34. The lowest BCUT2D eigenvalue weighted by Crippen LogP contribution is -2.61. The summed E-state index contributed by atoms with van der Waals surface area (Å²) in [6.07, 6.45) is 0. The fourth-order valence-corrected chi connectivity index (χ4v) is 2.42. The molecule has 92 valence electrons. The lowest BCUT2D eigenvalue weighted by Gasteiger charge is -2.44. The van der Waals surface area contributed by atoms with Crippen molar-refractivity contribution in [2.45, 2.75) is 12.5 Å². The number of hydrogen-bond donors (Lipinski definition) is 1. The summed E-state index contributed by atoms with van der Waals surface area (Å²) in [7, 11) is 0. The second kappa shape index (κ2) is 3.82. The summed E-state index contributed by atoms with van der Waals surface area (Å²) in [5.74, 6) is -0.00715. The van der Waals surface area contributed by atoms with E-state index in [1.807, 2.05) is 42.5 Å². The second-order valence-corrected chi connectivity index (χ2v) is 5.22. The van der Waals surface area contributed by atoms with Crippen LogP contribution in [0.3, 0.4) is 0 Å². The van der Waals surface area contributed by atoms with E-state index in [1.165, 1.54) is 0 Å². The lowest BCUT2D eigenvalue weighted by atomic mass is 9.95. The first kappa shape index (κ1) is 11.2. The molecule has 0 aliphatic carbocycles. The molecular weight excluding hydrogens is 226 g/mol. The maximum absolute atomic E-state index is 12.2. The molecule has 0 spiro atoms. The molecule has 1 saturated heterocycles. The number of amides is 1. The molecule has 0 radical (unpaired) electrons. The van der Waals surface area contributed by atoms with Crippen LogP contribution in [0.1, 0.15) is 17.3 Å². The zero-order valence-electron chi connectivity index (χ0n) is 10.3. The number of likely N-dealkylation sites (tertiary alicyclic amines) is 1. The fraction of sp³-hybridized carbons (Fsp3) is 0.267. The maximum atomic E-state index is 12.2. The summed E-state index contributed by atoms with van der Waals surface area (Å²) in [5, 5.41) is 11.9. The molecule has 3 heteroatoms. The van der Waals surface area contributed by atoms with E-state index in [2.05, 4.69) is 0 Å². The Kier molecular flexibility index (Phi) is 2.38. The van der Waals surface area contributed by atoms with Crippen LogP contribution in [0.4, 0.5) is 0 Å². The minimum atomic E-state index is -0.716. The predicted molar refractivity (Wildman–Crippen MR) is 70.5 cm³/mol. The zero-order valence-corrected chi connectivity index (χ0v) is 10.3. The highest BCUT2D eigenvalue weighted by atomic mass is 16.3. The molecule has 1 amide bonds. The minimum Gasteiger partial charge on any atom is -0.386 e. The largest absolute Gasteiger partial charge is 0.386 e. The van der Waals surface area contributed by atoms with Crippen molar-refractivity contribution >= 4 is 16.7 Å². The van der Waals surface area contributed by atoms with Gasteiger partial charge in [-0.1, -0.05) is 30.3 Å². The van der Waals surface area contributed by atoms with Gasteiger partial charge < -0.3 is 10.0 Å². The molecule has 1 aliphatic heterocycles. The van der Waals surface area contributed by atoms with E-state index >= 15 is 0 Å². The van der Waals surface area contributed by atoms with Crippen molar-refractivity contribution in [3.63, 3.8) is 0 Å². The summed E-state index contributed by atoms with van der Waals surface area (Å²) in [6.45, 7) is 2.58. The summed E-state index contributed by atoms with van der Waals surface area (Å²) in [4.78, 5) is 13.8. The summed E-state index contributed by atoms with van der Waals surface area (Å²) in [5.41, 5.74) is -0.0313. The van der Waals surface area contributed by atoms with E-state index in [1.54, 1.807) is 11.8 Å². The van der Waals surface area contributed by atoms with Crippen LogP contribution in [0.15, 0.2) is 42.5 Å². The summed E-state index contributed by atoms with van der Waals surface area (Å²) < 4.78 is 0. The van der Waals surface area contributed by atoms with Crippen LogP contribution in [-0.2, 0) is 0 Å². The van der Waals surface area contributed by atoms with Gasteiger partial charge in [0, 0.05) is 5.56 Å². The Balaban J connectivity index is 1.88. The number of rotatable bonds is 1. The number of hydrogen-bond acceptors (Lipinski definition) is 2. The van der Waals surface area contributed by atoms with E-state index in [4.69, 9.17) is 0 Å². The normalized spacial score (nSPS) is 17.6. The SMILES string of the molecule is CC1(O)CN(C(=O)c2ccc3ccccc3c2)C1. The van der Waals surface area contributed by atoms with E-state index in [-0.39, 0.29) is 5.91 Å². The molecule has 0 unspecified atom stereocenters. The van der Waals surface area contributed by atoms with Gasteiger partial charge in [0.1, 0.15) is 0 Å². The van der Waals surface area contributed by atoms with Gasteiger partial charge in [0.25, 0.3) is 5.91 Å². The molecule has 0 atom stereocenters. The standard InChI is InChI=1S/C15H15NO2/c1-15(18)9-16(10-15)14(17)13-7-6-11-4-2-3-5-12(11)8-13/h2-8,18H,9-10H2,1H3. The number of benzene rings is 2. The Labute approximate surface area is 106 Å². The first-order valence-corrected chi connectivity index (χ1v) is 6.06. The first-order chi connectivity index (χ1) is 8.55. The molecule has 3 rings (SSSR count). The highest BCUT2D eigenvalue weighted by Crippen LogP contribution is 2.23. The molecule has 1 fully saturated rings. The molecular formula is C15H15NO2.